The summed E-state index contributed by atoms with van der Waals surface area (Å²) in [7, 11) is 0. The van der Waals surface area contributed by atoms with Crippen molar-refractivity contribution in [3.63, 3.8) is 0 Å². The molecule has 0 N–H and O–H groups in total. The van der Waals surface area contributed by atoms with Crippen LogP contribution in [0.2, 0.25) is 0 Å². The highest BCUT2D eigenvalue weighted by molar-refractivity contribution is 9.10. The molecule has 3 heterocycles. The molecule has 35 heavy (non-hydrogen) atoms. The molecular formula is C30H19BBrNO2. The lowest BCUT2D eigenvalue weighted by atomic mass is 9.35. The maximum Gasteiger partial charge on any atom is 0.260 e. The summed E-state index contributed by atoms with van der Waals surface area (Å²) in [6, 6.07) is 25.5. The van der Waals surface area contributed by atoms with Crippen LogP contribution in [-0.2, 0) is 0 Å². The van der Waals surface area contributed by atoms with Gasteiger partial charge in [0.05, 0.1) is 11.0 Å². The van der Waals surface area contributed by atoms with E-state index in [0.29, 0.717) is 0 Å². The molecule has 0 saturated carbocycles. The van der Waals surface area contributed by atoms with E-state index < -0.39 is 0 Å². The predicted molar refractivity (Wildman–Crippen MR) is 147 cm³/mol. The summed E-state index contributed by atoms with van der Waals surface area (Å²) in [4.78, 5) is 0. The normalized spacial score (nSPS) is 15.2. The molecule has 5 heteroatoms. The van der Waals surface area contributed by atoms with Gasteiger partial charge in [-0.15, -0.1) is 0 Å². The number of benzene rings is 4. The number of allylic oxidation sites excluding steroid dienone is 4. The lowest BCUT2D eigenvalue weighted by Gasteiger charge is -2.33. The van der Waals surface area contributed by atoms with E-state index in [-0.39, 0.29) is 6.71 Å². The van der Waals surface area contributed by atoms with Gasteiger partial charge in [-0.25, -0.2) is 0 Å². The zero-order valence-corrected chi connectivity index (χ0v) is 20.4. The lowest BCUT2D eigenvalue weighted by molar-refractivity contribution is 0.467. The maximum absolute atomic E-state index is 6.79. The standard InChI is InChI=1S/C30H19BBrNO2/c32-18-14-15-20-21-17-27-28-30(29(21)33(24(20)16-18)19-8-2-1-3-9-19)35-26-13-7-5-11-23(26)31(28)22-10-4-6-12-25(22)34-27/h1-2,4-8,10-17H,3,9H2. The smallest absolute Gasteiger partial charge is 0.260 e. The Morgan fingerprint density at radius 2 is 1.57 bits per heavy atom. The fraction of sp³-hybridized carbons (Fsp3) is 0.0667. The zero-order valence-electron chi connectivity index (χ0n) is 18.8. The third-order valence-corrected chi connectivity index (χ3v) is 7.92. The number of hydrogen-bond donors (Lipinski definition) is 0. The van der Waals surface area contributed by atoms with Gasteiger partial charge in [0, 0.05) is 26.4 Å². The van der Waals surface area contributed by atoms with Crippen LogP contribution in [0.3, 0.4) is 0 Å². The van der Waals surface area contributed by atoms with Gasteiger partial charge in [0.15, 0.2) is 5.75 Å². The van der Waals surface area contributed by atoms with E-state index in [9.17, 15) is 0 Å². The minimum absolute atomic E-state index is 0.0673. The summed E-state index contributed by atoms with van der Waals surface area (Å²) in [5.41, 5.74) is 7.04. The minimum Gasteiger partial charge on any atom is -0.458 e. The van der Waals surface area contributed by atoms with Gasteiger partial charge in [0.25, 0.3) is 6.71 Å². The molecule has 5 aromatic rings. The van der Waals surface area contributed by atoms with Crippen LogP contribution in [-0.4, -0.2) is 11.3 Å². The highest BCUT2D eigenvalue weighted by atomic mass is 79.9. The largest absolute Gasteiger partial charge is 0.458 e. The average molecular weight is 516 g/mol. The lowest BCUT2D eigenvalue weighted by Crippen LogP contribution is -2.57. The fourth-order valence-electron chi connectivity index (χ4n) is 5.97. The molecule has 0 bridgehead atoms. The third-order valence-electron chi connectivity index (χ3n) is 7.43. The van der Waals surface area contributed by atoms with E-state index >= 15 is 0 Å². The van der Waals surface area contributed by atoms with Crippen LogP contribution in [0.25, 0.3) is 27.5 Å². The molecule has 3 nitrogen and oxygen atoms in total. The summed E-state index contributed by atoms with van der Waals surface area (Å²) >= 11 is 3.71. The molecule has 0 radical (unpaired) electrons. The van der Waals surface area contributed by atoms with Crippen molar-refractivity contribution in [2.75, 3.05) is 0 Å². The molecule has 4 aromatic carbocycles. The second-order valence-corrected chi connectivity index (χ2v) is 10.3. The van der Waals surface area contributed by atoms with Gasteiger partial charge in [-0.05, 0) is 60.2 Å². The number of rotatable bonds is 1. The molecule has 0 saturated heterocycles. The minimum atomic E-state index is 0.0673. The number of fused-ring (bicyclic) bond motifs is 8. The van der Waals surface area contributed by atoms with Crippen molar-refractivity contribution in [3.05, 3.63) is 95.5 Å². The number of hydrogen-bond acceptors (Lipinski definition) is 2. The molecule has 0 fully saturated rings. The van der Waals surface area contributed by atoms with Crippen molar-refractivity contribution in [1.29, 1.82) is 0 Å². The number of halogens is 1. The van der Waals surface area contributed by atoms with Crippen molar-refractivity contribution in [3.8, 4) is 23.0 Å². The molecular weight excluding hydrogens is 497 g/mol. The van der Waals surface area contributed by atoms with E-state index in [2.05, 4.69) is 105 Å². The van der Waals surface area contributed by atoms with Crippen molar-refractivity contribution >= 4 is 66.5 Å². The van der Waals surface area contributed by atoms with Crippen molar-refractivity contribution in [2.24, 2.45) is 0 Å². The number of ether oxygens (including phenoxy) is 2. The van der Waals surface area contributed by atoms with Crippen molar-refractivity contribution in [2.45, 2.75) is 12.8 Å². The van der Waals surface area contributed by atoms with E-state index in [1.165, 1.54) is 27.5 Å². The van der Waals surface area contributed by atoms with Gasteiger partial charge in [0.2, 0.25) is 0 Å². The number of nitrogens with zero attached hydrogens (tertiary/aromatic N) is 1. The van der Waals surface area contributed by atoms with Crippen molar-refractivity contribution < 1.29 is 9.47 Å². The van der Waals surface area contributed by atoms with Gasteiger partial charge in [-0.3, -0.25) is 0 Å². The number of para-hydroxylation sites is 2. The molecule has 166 valence electrons. The quantitative estimate of drug-likeness (QED) is 0.234. The Balaban J connectivity index is 1.55. The van der Waals surface area contributed by atoms with E-state index in [4.69, 9.17) is 9.47 Å². The molecule has 1 aliphatic carbocycles. The molecule has 8 rings (SSSR count). The molecule has 2 aliphatic heterocycles. The van der Waals surface area contributed by atoms with Crippen LogP contribution in [0, 0.1) is 0 Å². The first-order chi connectivity index (χ1) is 17.3. The van der Waals surface area contributed by atoms with Gasteiger partial charge in [0.1, 0.15) is 17.2 Å². The Labute approximate surface area is 211 Å². The fourth-order valence-corrected chi connectivity index (χ4v) is 6.32. The Hall–Kier alpha value is -3.70. The number of aromatic nitrogens is 1. The summed E-state index contributed by atoms with van der Waals surface area (Å²) in [6.07, 6.45) is 8.64. The topological polar surface area (TPSA) is 23.4 Å². The monoisotopic (exact) mass is 515 g/mol. The summed E-state index contributed by atoms with van der Waals surface area (Å²) < 4.78 is 16.8. The van der Waals surface area contributed by atoms with Crippen molar-refractivity contribution in [1.82, 2.24) is 4.57 Å². The van der Waals surface area contributed by atoms with E-state index in [1.54, 1.807) is 0 Å². The van der Waals surface area contributed by atoms with Crippen LogP contribution < -0.4 is 25.9 Å². The van der Waals surface area contributed by atoms with Crippen LogP contribution in [0.4, 0.5) is 0 Å². The van der Waals surface area contributed by atoms with E-state index in [1.807, 2.05) is 6.07 Å². The van der Waals surface area contributed by atoms with Gasteiger partial charge >= 0.3 is 0 Å². The Morgan fingerprint density at radius 3 is 2.34 bits per heavy atom. The zero-order chi connectivity index (χ0) is 23.1. The summed E-state index contributed by atoms with van der Waals surface area (Å²) in [6.45, 7) is 0.0673. The van der Waals surface area contributed by atoms with Crippen LogP contribution in [0.15, 0.2) is 95.5 Å². The van der Waals surface area contributed by atoms with Crippen LogP contribution >= 0.6 is 15.9 Å². The molecule has 3 aliphatic rings. The Bertz CT molecular complexity index is 1770. The maximum atomic E-state index is 6.79. The SMILES string of the molecule is Brc1ccc2c3cc4c5c(c3n(C3=CC=CCC3)c2c1)Oc1ccccc1B5c1ccccc1O4. The molecule has 0 unspecified atom stereocenters. The summed E-state index contributed by atoms with van der Waals surface area (Å²) in [5.74, 6) is 3.61. The highest BCUT2D eigenvalue weighted by Gasteiger charge is 2.41. The first-order valence-electron chi connectivity index (χ1n) is 12.0. The Morgan fingerprint density at radius 1 is 0.800 bits per heavy atom. The third kappa shape index (κ3) is 2.67. The van der Waals surface area contributed by atoms with Gasteiger partial charge < -0.3 is 14.0 Å². The highest BCUT2D eigenvalue weighted by Crippen LogP contribution is 2.45. The Kier molecular flexibility index (Phi) is 4.01. The second kappa shape index (κ2) is 7.16. The van der Waals surface area contributed by atoms with Crippen LogP contribution in [0.5, 0.6) is 23.0 Å². The van der Waals surface area contributed by atoms with Gasteiger partial charge in [-0.2, -0.15) is 0 Å². The first kappa shape index (κ1) is 19.6. The van der Waals surface area contributed by atoms with Gasteiger partial charge in [-0.1, -0.05) is 70.5 Å². The predicted octanol–water partition coefficient (Wildman–Crippen LogP) is 6.48. The average Bonchev–Trinajstić information content (AvgIpc) is 3.22. The van der Waals surface area contributed by atoms with Crippen LogP contribution in [0.1, 0.15) is 12.8 Å². The molecule has 1 aromatic heterocycles. The molecule has 0 amide bonds. The van der Waals surface area contributed by atoms with E-state index in [0.717, 1.165) is 56.7 Å². The summed E-state index contributed by atoms with van der Waals surface area (Å²) in [5, 5.41) is 2.34. The second-order valence-electron chi connectivity index (χ2n) is 9.35. The first-order valence-corrected chi connectivity index (χ1v) is 12.8. The molecule has 0 spiro atoms. The molecule has 0 atom stereocenters.